The summed E-state index contributed by atoms with van der Waals surface area (Å²) in [5.74, 6) is 0. The van der Waals surface area contributed by atoms with Crippen LogP contribution in [0.3, 0.4) is 0 Å². The molecule has 3 nitrogen and oxygen atoms in total. The molecule has 1 aliphatic rings. The maximum Gasteiger partial charge on any atom is 0.0903 e. The molecule has 0 spiro atoms. The SMILES string of the molecule is CC.CC.CN1CN(CCO)c2c(Cl)c(Cl)c(Cl)c(Cl)c21. The number of rotatable bonds is 2. The third kappa shape index (κ3) is 4.23. The molecular weight excluding hydrogens is 354 g/mol. The van der Waals surface area contributed by atoms with E-state index in [2.05, 4.69) is 0 Å². The Labute approximate surface area is 147 Å². The molecule has 21 heavy (non-hydrogen) atoms. The van der Waals surface area contributed by atoms with Crippen molar-refractivity contribution in [2.75, 3.05) is 36.7 Å². The molecule has 1 aromatic carbocycles. The molecule has 0 bridgehead atoms. The molecule has 0 amide bonds. The van der Waals surface area contributed by atoms with E-state index in [0.29, 0.717) is 23.3 Å². The standard InChI is InChI=1S/C10H10Cl4N2O.2C2H6/c1-15-4-16(2-3-17)10-8(14)6(12)5(11)7(13)9(10)15;2*1-2/h17H,2-4H2,1H3;2*1-2H3. The minimum Gasteiger partial charge on any atom is -0.395 e. The van der Waals surface area contributed by atoms with Crippen molar-refractivity contribution in [1.82, 2.24) is 0 Å². The van der Waals surface area contributed by atoms with Crippen molar-refractivity contribution in [3.63, 3.8) is 0 Å². The molecular formula is C14H22Cl4N2O. The lowest BCUT2D eigenvalue weighted by atomic mass is 10.2. The zero-order valence-electron chi connectivity index (χ0n) is 13.0. The van der Waals surface area contributed by atoms with E-state index in [4.69, 9.17) is 51.5 Å². The van der Waals surface area contributed by atoms with Crippen LogP contribution in [-0.2, 0) is 0 Å². The van der Waals surface area contributed by atoms with Crippen molar-refractivity contribution >= 4 is 57.8 Å². The summed E-state index contributed by atoms with van der Waals surface area (Å²) in [6.07, 6.45) is 0. The number of halogens is 4. The highest BCUT2D eigenvalue weighted by Gasteiger charge is 2.31. The van der Waals surface area contributed by atoms with Gasteiger partial charge in [-0.25, -0.2) is 0 Å². The predicted molar refractivity (Wildman–Crippen MR) is 96.9 cm³/mol. The summed E-state index contributed by atoms with van der Waals surface area (Å²) < 4.78 is 0. The van der Waals surface area contributed by atoms with Gasteiger partial charge in [0.05, 0.1) is 44.7 Å². The van der Waals surface area contributed by atoms with Crippen molar-refractivity contribution in [3.8, 4) is 0 Å². The molecule has 1 aromatic rings. The number of aliphatic hydroxyl groups is 1. The minimum atomic E-state index is 0.0292. The van der Waals surface area contributed by atoms with Crippen LogP contribution in [0.4, 0.5) is 11.4 Å². The number of hydrogen-bond acceptors (Lipinski definition) is 3. The van der Waals surface area contributed by atoms with Crippen molar-refractivity contribution in [2.45, 2.75) is 27.7 Å². The van der Waals surface area contributed by atoms with Gasteiger partial charge in [-0.05, 0) is 0 Å². The summed E-state index contributed by atoms with van der Waals surface area (Å²) in [5, 5.41) is 10.3. The van der Waals surface area contributed by atoms with Gasteiger partial charge in [-0.1, -0.05) is 74.1 Å². The Balaban J connectivity index is 0.000000921. The number of benzene rings is 1. The van der Waals surface area contributed by atoms with Gasteiger partial charge in [0.1, 0.15) is 0 Å². The fourth-order valence-electron chi connectivity index (χ4n) is 1.95. The third-order valence-electron chi connectivity index (χ3n) is 2.67. The molecule has 1 aliphatic heterocycles. The lowest BCUT2D eigenvalue weighted by Gasteiger charge is -2.18. The molecule has 2 rings (SSSR count). The van der Waals surface area contributed by atoms with E-state index in [1.54, 1.807) is 0 Å². The van der Waals surface area contributed by atoms with E-state index in [0.717, 1.165) is 11.4 Å². The highest BCUT2D eigenvalue weighted by atomic mass is 35.5. The average molecular weight is 376 g/mol. The lowest BCUT2D eigenvalue weighted by molar-refractivity contribution is 0.302. The highest BCUT2D eigenvalue weighted by molar-refractivity contribution is 6.54. The Morgan fingerprint density at radius 3 is 1.71 bits per heavy atom. The van der Waals surface area contributed by atoms with Gasteiger partial charge in [0.25, 0.3) is 0 Å². The van der Waals surface area contributed by atoms with Gasteiger partial charge in [-0.3, -0.25) is 0 Å². The van der Waals surface area contributed by atoms with E-state index in [9.17, 15) is 0 Å². The normalized spacial score (nSPS) is 12.3. The van der Waals surface area contributed by atoms with E-state index < -0.39 is 0 Å². The van der Waals surface area contributed by atoms with Crippen LogP contribution >= 0.6 is 46.4 Å². The summed E-state index contributed by atoms with van der Waals surface area (Å²) in [5.41, 5.74) is 1.47. The molecule has 0 saturated carbocycles. The molecule has 1 N–H and O–H groups in total. The van der Waals surface area contributed by atoms with Gasteiger partial charge >= 0.3 is 0 Å². The van der Waals surface area contributed by atoms with E-state index >= 15 is 0 Å². The van der Waals surface area contributed by atoms with Gasteiger partial charge in [0, 0.05) is 13.6 Å². The first-order chi connectivity index (χ1) is 9.99. The number of anilines is 2. The van der Waals surface area contributed by atoms with Gasteiger partial charge < -0.3 is 14.9 Å². The Bertz CT molecular complexity index is 469. The molecule has 1 heterocycles. The Kier molecular flexibility index (Phi) is 9.83. The molecule has 0 radical (unpaired) electrons. The zero-order valence-corrected chi connectivity index (χ0v) is 16.0. The predicted octanol–water partition coefficient (Wildman–Crippen LogP) is 5.56. The van der Waals surface area contributed by atoms with Gasteiger partial charge in [-0.15, -0.1) is 0 Å². The molecule has 122 valence electrons. The Hall–Kier alpha value is -0.0600. The van der Waals surface area contributed by atoms with Crippen molar-refractivity contribution in [3.05, 3.63) is 20.1 Å². The molecule has 0 unspecified atom stereocenters. The van der Waals surface area contributed by atoms with Crippen molar-refractivity contribution < 1.29 is 5.11 Å². The fourth-order valence-corrected chi connectivity index (χ4v) is 3.04. The van der Waals surface area contributed by atoms with Crippen LogP contribution in [0, 0.1) is 0 Å². The smallest absolute Gasteiger partial charge is 0.0903 e. The summed E-state index contributed by atoms with van der Waals surface area (Å²) in [4.78, 5) is 3.83. The van der Waals surface area contributed by atoms with E-state index in [1.165, 1.54) is 0 Å². The lowest BCUT2D eigenvalue weighted by Crippen LogP contribution is -2.30. The summed E-state index contributed by atoms with van der Waals surface area (Å²) in [6, 6.07) is 0. The highest BCUT2D eigenvalue weighted by Crippen LogP contribution is 2.52. The van der Waals surface area contributed by atoms with Crippen LogP contribution in [0.15, 0.2) is 0 Å². The van der Waals surface area contributed by atoms with Gasteiger partial charge in [-0.2, -0.15) is 0 Å². The monoisotopic (exact) mass is 374 g/mol. The zero-order chi connectivity index (χ0) is 16.7. The summed E-state index contributed by atoms with van der Waals surface area (Å²) >= 11 is 24.4. The molecule has 0 aliphatic carbocycles. The van der Waals surface area contributed by atoms with Gasteiger partial charge in [0.2, 0.25) is 0 Å². The van der Waals surface area contributed by atoms with Crippen LogP contribution in [0.2, 0.25) is 20.1 Å². The topological polar surface area (TPSA) is 26.7 Å². The van der Waals surface area contributed by atoms with Crippen LogP contribution in [0.25, 0.3) is 0 Å². The maximum absolute atomic E-state index is 9.03. The Morgan fingerprint density at radius 2 is 1.29 bits per heavy atom. The first kappa shape index (κ1) is 20.9. The van der Waals surface area contributed by atoms with Crippen molar-refractivity contribution in [2.24, 2.45) is 0 Å². The van der Waals surface area contributed by atoms with E-state index in [-0.39, 0.29) is 16.7 Å². The van der Waals surface area contributed by atoms with Crippen molar-refractivity contribution in [1.29, 1.82) is 0 Å². The number of β-amino-alcohol motifs (C(OH)–C–C–N with tert-alkyl or cyclic N) is 1. The van der Waals surface area contributed by atoms with E-state index in [1.807, 2.05) is 44.5 Å². The minimum absolute atomic E-state index is 0.0292. The molecule has 0 aromatic heterocycles. The number of nitrogens with zero attached hydrogens (tertiary/aromatic N) is 2. The quantitative estimate of drug-likeness (QED) is 0.541. The number of aliphatic hydroxyl groups excluding tert-OH is 1. The average Bonchev–Trinajstić information content (AvgIpc) is 2.84. The first-order valence-electron chi connectivity index (χ1n) is 6.92. The number of hydrogen-bond donors (Lipinski definition) is 1. The number of fused-ring (bicyclic) bond motifs is 1. The van der Waals surface area contributed by atoms with Gasteiger partial charge in [0.15, 0.2) is 0 Å². The second-order valence-electron chi connectivity index (χ2n) is 3.78. The molecule has 0 fully saturated rings. The van der Waals surface area contributed by atoms with Crippen LogP contribution < -0.4 is 9.80 Å². The largest absolute Gasteiger partial charge is 0.395 e. The second kappa shape index (κ2) is 9.86. The van der Waals surface area contributed by atoms with Crippen LogP contribution in [0.1, 0.15) is 27.7 Å². The second-order valence-corrected chi connectivity index (χ2v) is 5.29. The van der Waals surface area contributed by atoms with Crippen LogP contribution in [0.5, 0.6) is 0 Å². The first-order valence-corrected chi connectivity index (χ1v) is 8.43. The Morgan fingerprint density at radius 1 is 0.857 bits per heavy atom. The van der Waals surface area contributed by atoms with Crippen LogP contribution in [-0.4, -0.2) is 32.0 Å². The third-order valence-corrected chi connectivity index (χ3v) is 4.45. The summed E-state index contributed by atoms with van der Waals surface area (Å²) in [6.45, 7) is 9.08. The fraction of sp³-hybridized carbons (Fsp3) is 0.571. The molecule has 0 saturated heterocycles. The molecule has 0 atom stereocenters. The maximum atomic E-state index is 9.03. The molecule has 7 heteroatoms. The summed E-state index contributed by atoms with van der Waals surface area (Å²) in [7, 11) is 1.88.